The maximum Gasteiger partial charge on any atom is 0.311 e. The highest BCUT2D eigenvalue weighted by atomic mass is 19.3. The third-order valence-electron chi connectivity index (χ3n) is 2.14. The lowest BCUT2D eigenvalue weighted by atomic mass is 10.1. The van der Waals surface area contributed by atoms with Crippen LogP contribution in [0.2, 0.25) is 0 Å². The van der Waals surface area contributed by atoms with Gasteiger partial charge in [-0.25, -0.2) is 8.78 Å². The highest BCUT2D eigenvalue weighted by Gasteiger charge is 2.18. The van der Waals surface area contributed by atoms with Gasteiger partial charge in [0.25, 0.3) is 6.43 Å². The molecule has 0 amide bonds. The summed E-state index contributed by atoms with van der Waals surface area (Å²) in [5, 5.41) is 0. The van der Waals surface area contributed by atoms with Gasteiger partial charge in [-0.3, -0.25) is 9.78 Å². The van der Waals surface area contributed by atoms with Gasteiger partial charge in [0.2, 0.25) is 0 Å². The van der Waals surface area contributed by atoms with Gasteiger partial charge in [0.15, 0.2) is 0 Å². The molecule has 0 aliphatic heterocycles. The summed E-state index contributed by atoms with van der Waals surface area (Å²) in [6.07, 6.45) is -2.99. The van der Waals surface area contributed by atoms with Crippen molar-refractivity contribution < 1.29 is 18.3 Å². The van der Waals surface area contributed by atoms with Crippen LogP contribution in [0.3, 0.4) is 0 Å². The van der Waals surface area contributed by atoms with Crippen LogP contribution in [0.1, 0.15) is 23.4 Å². The van der Waals surface area contributed by atoms with Gasteiger partial charge in [-0.2, -0.15) is 0 Å². The standard InChI is InChI=1S/C10H12F2N2O2/c1-5-7(13)3-6(10(11)12)8(14-5)4-9(15)16-2/h3,10H,4,13H2,1-2H3. The van der Waals surface area contributed by atoms with E-state index in [4.69, 9.17) is 5.73 Å². The Morgan fingerprint density at radius 2 is 2.25 bits per heavy atom. The van der Waals surface area contributed by atoms with Crippen molar-refractivity contribution in [2.75, 3.05) is 12.8 Å². The Labute approximate surface area is 91.4 Å². The third kappa shape index (κ3) is 2.65. The van der Waals surface area contributed by atoms with Crippen LogP contribution >= 0.6 is 0 Å². The number of aromatic nitrogens is 1. The summed E-state index contributed by atoms with van der Waals surface area (Å²) in [6.45, 7) is 1.59. The molecule has 1 aromatic rings. The smallest absolute Gasteiger partial charge is 0.311 e. The predicted octanol–water partition coefficient (Wildman–Crippen LogP) is 1.63. The fraction of sp³-hybridized carbons (Fsp3) is 0.400. The second-order valence-corrected chi connectivity index (χ2v) is 3.25. The molecule has 0 unspecified atom stereocenters. The molecule has 0 fully saturated rings. The van der Waals surface area contributed by atoms with E-state index in [9.17, 15) is 13.6 Å². The van der Waals surface area contributed by atoms with Crippen LogP contribution in [0.15, 0.2) is 6.07 Å². The predicted molar refractivity (Wildman–Crippen MR) is 54.1 cm³/mol. The quantitative estimate of drug-likeness (QED) is 0.801. The van der Waals surface area contributed by atoms with Crippen LogP contribution in [0.4, 0.5) is 14.5 Å². The topological polar surface area (TPSA) is 65.2 Å². The van der Waals surface area contributed by atoms with E-state index in [0.29, 0.717) is 5.69 Å². The van der Waals surface area contributed by atoms with E-state index in [-0.39, 0.29) is 23.4 Å². The normalized spacial score (nSPS) is 10.6. The number of methoxy groups -OCH3 is 1. The minimum Gasteiger partial charge on any atom is -0.469 e. The summed E-state index contributed by atoms with van der Waals surface area (Å²) in [6, 6.07) is 1.14. The Kier molecular flexibility index (Phi) is 3.76. The first kappa shape index (κ1) is 12.4. The lowest BCUT2D eigenvalue weighted by Crippen LogP contribution is -2.11. The monoisotopic (exact) mass is 230 g/mol. The number of pyridine rings is 1. The number of aryl methyl sites for hydroxylation is 1. The van der Waals surface area contributed by atoms with Gasteiger partial charge in [-0.1, -0.05) is 0 Å². The number of esters is 1. The first-order chi connectivity index (χ1) is 7.45. The van der Waals surface area contributed by atoms with E-state index in [0.717, 1.165) is 6.07 Å². The Morgan fingerprint density at radius 3 is 2.75 bits per heavy atom. The number of anilines is 1. The summed E-state index contributed by atoms with van der Waals surface area (Å²) < 4.78 is 29.7. The zero-order chi connectivity index (χ0) is 12.3. The number of nitrogen functional groups attached to an aromatic ring is 1. The summed E-state index contributed by atoms with van der Waals surface area (Å²) in [5.74, 6) is -0.612. The average Bonchev–Trinajstić information content (AvgIpc) is 2.22. The number of nitrogens with two attached hydrogens (primary N) is 1. The van der Waals surface area contributed by atoms with Crippen molar-refractivity contribution in [1.29, 1.82) is 0 Å². The summed E-state index contributed by atoms with van der Waals surface area (Å²) in [7, 11) is 1.19. The molecule has 0 aliphatic rings. The van der Waals surface area contributed by atoms with Gasteiger partial charge >= 0.3 is 5.97 Å². The van der Waals surface area contributed by atoms with Crippen molar-refractivity contribution in [3.8, 4) is 0 Å². The lowest BCUT2D eigenvalue weighted by molar-refractivity contribution is -0.139. The Bertz CT molecular complexity index is 408. The molecule has 0 spiro atoms. The van der Waals surface area contributed by atoms with Gasteiger partial charge in [0, 0.05) is 5.56 Å². The molecule has 0 saturated heterocycles. The Morgan fingerprint density at radius 1 is 1.62 bits per heavy atom. The van der Waals surface area contributed by atoms with Crippen molar-refractivity contribution in [2.45, 2.75) is 19.8 Å². The van der Waals surface area contributed by atoms with Crippen LogP contribution in [-0.4, -0.2) is 18.1 Å². The molecule has 0 saturated carbocycles. The van der Waals surface area contributed by atoms with E-state index < -0.39 is 12.4 Å². The number of halogens is 2. The largest absolute Gasteiger partial charge is 0.469 e. The van der Waals surface area contributed by atoms with E-state index in [1.807, 2.05) is 0 Å². The number of alkyl halides is 2. The second kappa shape index (κ2) is 4.87. The van der Waals surface area contributed by atoms with Crippen molar-refractivity contribution in [2.24, 2.45) is 0 Å². The number of hydrogen-bond donors (Lipinski definition) is 1. The zero-order valence-electron chi connectivity index (χ0n) is 8.96. The molecule has 2 N–H and O–H groups in total. The number of hydrogen-bond acceptors (Lipinski definition) is 4. The number of nitrogens with zero attached hydrogens (tertiary/aromatic N) is 1. The first-order valence-electron chi connectivity index (χ1n) is 4.56. The molecule has 0 bridgehead atoms. The molecule has 88 valence electrons. The van der Waals surface area contributed by atoms with Crippen molar-refractivity contribution in [3.05, 3.63) is 23.0 Å². The number of ether oxygens (including phenoxy) is 1. The van der Waals surface area contributed by atoms with E-state index in [1.54, 1.807) is 6.92 Å². The Balaban J connectivity index is 3.14. The zero-order valence-corrected chi connectivity index (χ0v) is 8.96. The minimum absolute atomic E-state index is 0.00792. The third-order valence-corrected chi connectivity index (χ3v) is 2.14. The van der Waals surface area contributed by atoms with E-state index >= 15 is 0 Å². The molecule has 0 aliphatic carbocycles. The van der Waals surface area contributed by atoms with E-state index in [2.05, 4.69) is 9.72 Å². The molecule has 1 heterocycles. The molecule has 6 heteroatoms. The van der Waals surface area contributed by atoms with Crippen LogP contribution in [0, 0.1) is 6.92 Å². The molecule has 0 radical (unpaired) electrons. The minimum atomic E-state index is -2.71. The molecular formula is C10H12F2N2O2. The van der Waals surface area contributed by atoms with Gasteiger partial charge in [-0.15, -0.1) is 0 Å². The van der Waals surface area contributed by atoms with Crippen LogP contribution < -0.4 is 5.73 Å². The summed E-state index contributed by atoms with van der Waals surface area (Å²) >= 11 is 0. The van der Waals surface area contributed by atoms with Gasteiger partial charge in [0.1, 0.15) is 0 Å². The molecule has 4 nitrogen and oxygen atoms in total. The average molecular weight is 230 g/mol. The molecule has 0 atom stereocenters. The van der Waals surface area contributed by atoms with Crippen LogP contribution in [0.5, 0.6) is 0 Å². The van der Waals surface area contributed by atoms with Crippen molar-refractivity contribution in [1.82, 2.24) is 4.98 Å². The maximum atomic E-state index is 12.6. The van der Waals surface area contributed by atoms with Crippen LogP contribution in [0.25, 0.3) is 0 Å². The summed E-state index contributed by atoms with van der Waals surface area (Å²) in [5.41, 5.74) is 5.76. The first-order valence-corrected chi connectivity index (χ1v) is 4.56. The Hall–Kier alpha value is -1.72. The summed E-state index contributed by atoms with van der Waals surface area (Å²) in [4.78, 5) is 14.9. The fourth-order valence-corrected chi connectivity index (χ4v) is 1.23. The maximum absolute atomic E-state index is 12.6. The molecule has 0 aromatic carbocycles. The van der Waals surface area contributed by atoms with Crippen LogP contribution in [-0.2, 0) is 16.0 Å². The van der Waals surface area contributed by atoms with Crippen molar-refractivity contribution >= 4 is 11.7 Å². The second-order valence-electron chi connectivity index (χ2n) is 3.25. The lowest BCUT2D eigenvalue weighted by Gasteiger charge is -2.10. The van der Waals surface area contributed by atoms with Crippen molar-refractivity contribution in [3.63, 3.8) is 0 Å². The molecule has 16 heavy (non-hydrogen) atoms. The van der Waals surface area contributed by atoms with E-state index in [1.165, 1.54) is 7.11 Å². The number of rotatable bonds is 3. The van der Waals surface area contributed by atoms with Gasteiger partial charge in [-0.05, 0) is 13.0 Å². The molecule has 1 aromatic heterocycles. The number of carbonyl (C=O) groups is 1. The SMILES string of the molecule is COC(=O)Cc1nc(C)c(N)cc1C(F)F. The highest BCUT2D eigenvalue weighted by Crippen LogP contribution is 2.25. The molecular weight excluding hydrogens is 218 g/mol. The number of carbonyl (C=O) groups excluding carboxylic acids is 1. The fourth-order valence-electron chi connectivity index (χ4n) is 1.23. The van der Waals surface area contributed by atoms with Gasteiger partial charge in [0.05, 0.1) is 30.6 Å². The van der Waals surface area contributed by atoms with Gasteiger partial charge < -0.3 is 10.5 Å². The highest BCUT2D eigenvalue weighted by molar-refractivity contribution is 5.72. The molecule has 1 rings (SSSR count).